The number of hydrogen-bond donors (Lipinski definition) is 2. The van der Waals surface area contributed by atoms with Crippen molar-refractivity contribution < 1.29 is 0 Å². The molecule has 2 aliphatic heterocycles. The summed E-state index contributed by atoms with van der Waals surface area (Å²) >= 11 is 3.67. The average molecular weight is 550 g/mol. The van der Waals surface area contributed by atoms with Gasteiger partial charge in [-0.25, -0.2) is 0 Å². The van der Waals surface area contributed by atoms with Gasteiger partial charge in [0.2, 0.25) is 0 Å². The van der Waals surface area contributed by atoms with Gasteiger partial charge in [0.1, 0.15) is 0 Å². The van der Waals surface area contributed by atoms with Crippen molar-refractivity contribution in [3.05, 3.63) is 28.7 Å². The van der Waals surface area contributed by atoms with Crippen molar-refractivity contribution in [1.82, 2.24) is 15.5 Å². The Labute approximate surface area is 189 Å². The zero-order chi connectivity index (χ0) is 18.4. The molecule has 0 aliphatic carbocycles. The number of nitrogens with zero attached hydrogens (tertiary/aromatic N) is 3. The van der Waals surface area contributed by atoms with E-state index in [1.807, 2.05) is 0 Å². The molecule has 7 heteroatoms. The summed E-state index contributed by atoms with van der Waals surface area (Å²) in [7, 11) is 2.21. The highest BCUT2D eigenvalue weighted by Gasteiger charge is 2.24. The number of rotatable bonds is 5. The summed E-state index contributed by atoms with van der Waals surface area (Å²) in [5.41, 5.74) is 1.28. The smallest absolute Gasteiger partial charge is 0.191 e. The van der Waals surface area contributed by atoms with Crippen LogP contribution in [0.25, 0.3) is 0 Å². The Hall–Kier alpha value is -0.540. The molecule has 1 unspecified atom stereocenters. The predicted molar refractivity (Wildman–Crippen MR) is 130 cm³/mol. The number of benzene rings is 1. The van der Waals surface area contributed by atoms with Crippen molar-refractivity contribution in [2.75, 3.05) is 51.2 Å². The minimum absolute atomic E-state index is 0. The minimum atomic E-state index is 0. The van der Waals surface area contributed by atoms with Gasteiger partial charge in [0, 0.05) is 36.7 Å². The number of para-hydroxylation sites is 1. The van der Waals surface area contributed by atoms with Crippen LogP contribution in [0.4, 0.5) is 5.69 Å². The lowest BCUT2D eigenvalue weighted by Gasteiger charge is -2.28. The van der Waals surface area contributed by atoms with Gasteiger partial charge in [-0.1, -0.05) is 12.1 Å². The molecule has 2 aliphatic rings. The number of halogens is 2. The number of likely N-dealkylation sites (tertiary alicyclic amines) is 1. The molecule has 152 valence electrons. The zero-order valence-electron chi connectivity index (χ0n) is 16.5. The molecule has 0 spiro atoms. The van der Waals surface area contributed by atoms with Crippen LogP contribution in [-0.4, -0.2) is 63.2 Å². The lowest BCUT2D eigenvalue weighted by molar-refractivity contribution is 0.223. The van der Waals surface area contributed by atoms with Crippen molar-refractivity contribution >= 4 is 51.6 Å². The van der Waals surface area contributed by atoms with Gasteiger partial charge < -0.3 is 20.4 Å². The fraction of sp³-hybridized carbons (Fsp3) is 0.650. The van der Waals surface area contributed by atoms with E-state index >= 15 is 0 Å². The van der Waals surface area contributed by atoms with Gasteiger partial charge in [0.25, 0.3) is 0 Å². The maximum atomic E-state index is 4.89. The fourth-order valence-corrected chi connectivity index (χ4v) is 4.32. The molecule has 0 aromatic heterocycles. The summed E-state index contributed by atoms with van der Waals surface area (Å²) in [6, 6.07) is 8.92. The Morgan fingerprint density at radius 3 is 2.63 bits per heavy atom. The Kier molecular flexibility index (Phi) is 9.65. The number of piperidine rings is 1. The van der Waals surface area contributed by atoms with E-state index in [4.69, 9.17) is 4.99 Å². The third-order valence-electron chi connectivity index (χ3n) is 5.41. The molecular weight excluding hydrogens is 517 g/mol. The molecule has 2 N–H and O–H groups in total. The second-order valence-corrected chi connectivity index (χ2v) is 8.35. The first-order valence-corrected chi connectivity index (χ1v) is 10.7. The van der Waals surface area contributed by atoms with Crippen LogP contribution in [0.1, 0.15) is 26.2 Å². The molecule has 2 heterocycles. The number of guanidine groups is 1. The predicted octanol–water partition coefficient (Wildman–Crippen LogP) is 3.54. The first kappa shape index (κ1) is 22.7. The summed E-state index contributed by atoms with van der Waals surface area (Å²) in [5.74, 6) is 1.70. The van der Waals surface area contributed by atoms with Crippen LogP contribution in [0.2, 0.25) is 0 Å². The monoisotopic (exact) mass is 549 g/mol. The maximum absolute atomic E-state index is 4.89. The SMILES string of the molecule is CCNC(=NCC1CCN(C)CC1)NC1CCN(c2ccccc2Br)C1.I. The summed E-state index contributed by atoms with van der Waals surface area (Å²) in [4.78, 5) is 9.75. The van der Waals surface area contributed by atoms with Gasteiger partial charge >= 0.3 is 0 Å². The van der Waals surface area contributed by atoms with Crippen LogP contribution in [0.3, 0.4) is 0 Å². The first-order chi connectivity index (χ1) is 12.7. The molecule has 3 rings (SSSR count). The fourth-order valence-electron chi connectivity index (χ4n) is 3.78. The molecule has 1 aromatic rings. The van der Waals surface area contributed by atoms with E-state index in [9.17, 15) is 0 Å². The van der Waals surface area contributed by atoms with Crippen molar-refractivity contribution in [2.24, 2.45) is 10.9 Å². The van der Waals surface area contributed by atoms with Crippen molar-refractivity contribution in [3.63, 3.8) is 0 Å². The molecule has 0 radical (unpaired) electrons. The molecule has 2 saturated heterocycles. The highest BCUT2D eigenvalue weighted by Crippen LogP contribution is 2.28. The summed E-state index contributed by atoms with van der Waals surface area (Å²) < 4.78 is 1.17. The van der Waals surface area contributed by atoms with Gasteiger partial charge in [-0.2, -0.15) is 0 Å². The Balaban J connectivity index is 0.00000261. The van der Waals surface area contributed by atoms with Gasteiger partial charge in [-0.3, -0.25) is 4.99 Å². The Morgan fingerprint density at radius 2 is 1.93 bits per heavy atom. The Morgan fingerprint density at radius 1 is 1.19 bits per heavy atom. The van der Waals surface area contributed by atoms with Crippen LogP contribution in [0.15, 0.2) is 33.7 Å². The van der Waals surface area contributed by atoms with Gasteiger partial charge in [0.05, 0.1) is 5.69 Å². The summed E-state index contributed by atoms with van der Waals surface area (Å²) in [5, 5.41) is 7.08. The van der Waals surface area contributed by atoms with Crippen LogP contribution in [0.5, 0.6) is 0 Å². The highest BCUT2D eigenvalue weighted by molar-refractivity contribution is 14.0. The number of aliphatic imine (C=N–C) groups is 1. The second-order valence-electron chi connectivity index (χ2n) is 7.49. The van der Waals surface area contributed by atoms with Crippen LogP contribution in [0, 0.1) is 5.92 Å². The molecule has 0 amide bonds. The number of hydrogen-bond acceptors (Lipinski definition) is 3. The molecule has 1 aromatic carbocycles. The molecule has 27 heavy (non-hydrogen) atoms. The molecule has 0 saturated carbocycles. The van der Waals surface area contributed by atoms with Crippen LogP contribution in [-0.2, 0) is 0 Å². The lowest BCUT2D eigenvalue weighted by Crippen LogP contribution is -2.45. The van der Waals surface area contributed by atoms with E-state index < -0.39 is 0 Å². The maximum Gasteiger partial charge on any atom is 0.191 e. The standard InChI is InChI=1S/C20H32BrN5.HI/c1-3-22-20(23-14-16-8-11-25(2)12-9-16)24-17-10-13-26(15-17)19-7-5-4-6-18(19)21;/h4-7,16-17H,3,8-15H2,1-2H3,(H2,22,23,24);1H. The first-order valence-electron chi connectivity index (χ1n) is 9.88. The van der Waals surface area contributed by atoms with E-state index in [1.54, 1.807) is 0 Å². The van der Waals surface area contributed by atoms with Gasteiger partial charge in [0.15, 0.2) is 5.96 Å². The molecule has 1 atom stereocenters. The van der Waals surface area contributed by atoms with Crippen molar-refractivity contribution in [2.45, 2.75) is 32.2 Å². The number of anilines is 1. The van der Waals surface area contributed by atoms with E-state index in [0.717, 1.165) is 44.5 Å². The summed E-state index contributed by atoms with van der Waals surface area (Å²) in [6.45, 7) is 8.47. The summed E-state index contributed by atoms with van der Waals surface area (Å²) in [6.07, 6.45) is 3.66. The number of nitrogens with one attached hydrogen (secondary N) is 2. The average Bonchev–Trinajstić information content (AvgIpc) is 3.10. The highest BCUT2D eigenvalue weighted by atomic mass is 127. The van der Waals surface area contributed by atoms with Gasteiger partial charge in [-0.15, -0.1) is 24.0 Å². The van der Waals surface area contributed by atoms with Crippen LogP contribution >= 0.6 is 39.9 Å². The van der Waals surface area contributed by atoms with E-state index in [2.05, 4.69) is 74.6 Å². The zero-order valence-corrected chi connectivity index (χ0v) is 20.4. The van der Waals surface area contributed by atoms with E-state index in [-0.39, 0.29) is 24.0 Å². The third kappa shape index (κ3) is 6.78. The normalized spacial score (nSPS) is 21.8. The van der Waals surface area contributed by atoms with E-state index in [0.29, 0.717) is 6.04 Å². The lowest BCUT2D eigenvalue weighted by atomic mass is 9.97. The molecule has 0 bridgehead atoms. The van der Waals surface area contributed by atoms with Gasteiger partial charge in [-0.05, 0) is 80.3 Å². The topological polar surface area (TPSA) is 42.9 Å². The van der Waals surface area contributed by atoms with Crippen LogP contribution < -0.4 is 15.5 Å². The molecule has 5 nitrogen and oxygen atoms in total. The quantitative estimate of drug-likeness (QED) is 0.335. The molecular formula is C20H33BrIN5. The molecule has 2 fully saturated rings. The van der Waals surface area contributed by atoms with E-state index in [1.165, 1.54) is 36.1 Å². The minimum Gasteiger partial charge on any atom is -0.368 e. The third-order valence-corrected chi connectivity index (χ3v) is 6.08. The second kappa shape index (κ2) is 11.5. The Bertz CT molecular complexity index is 604. The van der Waals surface area contributed by atoms with Crippen molar-refractivity contribution in [1.29, 1.82) is 0 Å². The van der Waals surface area contributed by atoms with Crippen molar-refractivity contribution in [3.8, 4) is 0 Å². The largest absolute Gasteiger partial charge is 0.368 e.